The number of anilines is 1. The number of carbonyl (C=O) groups is 2. The lowest BCUT2D eigenvalue weighted by atomic mass is 10.3. The van der Waals surface area contributed by atoms with Gasteiger partial charge in [0.1, 0.15) is 6.54 Å². The van der Waals surface area contributed by atoms with Crippen LogP contribution in [0.5, 0.6) is 0 Å². The van der Waals surface area contributed by atoms with Crippen molar-refractivity contribution in [3.05, 3.63) is 34.0 Å². The summed E-state index contributed by atoms with van der Waals surface area (Å²) in [7, 11) is 0. The van der Waals surface area contributed by atoms with Crippen LogP contribution < -0.4 is 5.32 Å². The fraction of sp³-hybridized carbons (Fsp3) is 0.438. The summed E-state index contributed by atoms with van der Waals surface area (Å²) in [6.45, 7) is 4.37. The maximum Gasteiger partial charge on any atom is 0.264 e. The summed E-state index contributed by atoms with van der Waals surface area (Å²) in [5.41, 5.74) is 0. The van der Waals surface area contributed by atoms with Crippen LogP contribution in [-0.2, 0) is 9.53 Å². The van der Waals surface area contributed by atoms with E-state index in [2.05, 4.69) is 15.2 Å². The van der Waals surface area contributed by atoms with Crippen molar-refractivity contribution >= 4 is 39.6 Å². The Morgan fingerprint density at radius 1 is 1.28 bits per heavy atom. The van der Waals surface area contributed by atoms with Crippen molar-refractivity contribution in [1.29, 1.82) is 0 Å². The van der Waals surface area contributed by atoms with Gasteiger partial charge in [-0.3, -0.25) is 14.5 Å². The van der Waals surface area contributed by atoms with Gasteiger partial charge in [0.15, 0.2) is 5.13 Å². The number of ether oxygens (including phenoxy) is 1. The van der Waals surface area contributed by atoms with Crippen LogP contribution in [0.1, 0.15) is 9.67 Å². The fourth-order valence-electron chi connectivity index (χ4n) is 2.51. The molecule has 0 saturated carbocycles. The molecule has 1 aliphatic rings. The first-order valence-electron chi connectivity index (χ1n) is 8.04. The maximum absolute atomic E-state index is 12.7. The monoisotopic (exact) mass is 380 g/mol. The van der Waals surface area contributed by atoms with Crippen LogP contribution in [0.4, 0.5) is 5.13 Å². The van der Waals surface area contributed by atoms with Gasteiger partial charge >= 0.3 is 0 Å². The van der Waals surface area contributed by atoms with E-state index in [4.69, 9.17) is 4.74 Å². The third kappa shape index (κ3) is 5.33. The van der Waals surface area contributed by atoms with Gasteiger partial charge in [-0.15, -0.1) is 22.7 Å². The van der Waals surface area contributed by atoms with E-state index in [0.717, 1.165) is 19.6 Å². The van der Waals surface area contributed by atoms with Crippen LogP contribution in [0.2, 0.25) is 0 Å². The third-order valence-electron chi connectivity index (χ3n) is 3.82. The molecule has 0 aliphatic carbocycles. The van der Waals surface area contributed by atoms with E-state index in [9.17, 15) is 9.59 Å². The predicted molar refractivity (Wildman–Crippen MR) is 98.2 cm³/mol. The first-order chi connectivity index (χ1) is 12.2. The minimum atomic E-state index is -0.234. The minimum absolute atomic E-state index is 0.0145. The van der Waals surface area contributed by atoms with Gasteiger partial charge in [-0.25, -0.2) is 4.98 Å². The quantitative estimate of drug-likeness (QED) is 0.790. The molecule has 134 valence electrons. The number of amides is 2. The zero-order valence-corrected chi connectivity index (χ0v) is 15.4. The predicted octanol–water partition coefficient (Wildman–Crippen LogP) is 1.62. The molecule has 9 heteroatoms. The van der Waals surface area contributed by atoms with Crippen LogP contribution in [0.15, 0.2) is 29.1 Å². The van der Waals surface area contributed by atoms with Crippen molar-refractivity contribution in [2.75, 3.05) is 51.3 Å². The van der Waals surface area contributed by atoms with Crippen LogP contribution in [0.3, 0.4) is 0 Å². The summed E-state index contributed by atoms with van der Waals surface area (Å²) < 4.78 is 5.35. The molecular weight excluding hydrogens is 360 g/mol. The zero-order valence-electron chi connectivity index (χ0n) is 13.7. The molecule has 1 fully saturated rings. The fourth-order valence-corrected chi connectivity index (χ4v) is 3.75. The smallest absolute Gasteiger partial charge is 0.264 e. The molecule has 25 heavy (non-hydrogen) atoms. The Morgan fingerprint density at radius 3 is 2.80 bits per heavy atom. The zero-order chi connectivity index (χ0) is 17.5. The molecule has 0 aromatic carbocycles. The van der Waals surface area contributed by atoms with Crippen LogP contribution >= 0.6 is 22.7 Å². The van der Waals surface area contributed by atoms with E-state index in [0.29, 0.717) is 29.8 Å². The Hall–Kier alpha value is -1.81. The molecule has 7 nitrogen and oxygen atoms in total. The first-order valence-corrected chi connectivity index (χ1v) is 9.80. The Kier molecular flexibility index (Phi) is 6.51. The average molecular weight is 380 g/mol. The van der Waals surface area contributed by atoms with Crippen molar-refractivity contribution in [2.24, 2.45) is 0 Å². The highest BCUT2D eigenvalue weighted by atomic mass is 32.1. The number of carbonyl (C=O) groups excluding carboxylic acids is 2. The number of nitrogens with one attached hydrogen (secondary N) is 1. The van der Waals surface area contributed by atoms with Crippen LogP contribution in [-0.4, -0.2) is 72.5 Å². The molecule has 1 N–H and O–H groups in total. The topological polar surface area (TPSA) is 74.8 Å². The molecule has 0 bridgehead atoms. The number of nitrogens with zero attached hydrogens (tertiary/aromatic N) is 3. The number of thiophene rings is 1. The van der Waals surface area contributed by atoms with Crippen molar-refractivity contribution in [1.82, 2.24) is 14.8 Å². The summed E-state index contributed by atoms with van der Waals surface area (Å²) in [6, 6.07) is 3.63. The van der Waals surface area contributed by atoms with Crippen molar-refractivity contribution in [3.8, 4) is 0 Å². The standard InChI is InChI=1S/C16H20N4O3S2/c21-14(18-16-17-3-11-25-16)12-20(15(22)13-2-1-10-24-13)5-4-19-6-8-23-9-7-19/h1-3,10-11H,4-9,12H2,(H,17,18,21). The third-order valence-corrected chi connectivity index (χ3v) is 5.37. The van der Waals surface area contributed by atoms with Gasteiger partial charge < -0.3 is 15.0 Å². The number of hydrogen-bond donors (Lipinski definition) is 1. The lowest BCUT2D eigenvalue weighted by Gasteiger charge is -2.29. The van der Waals surface area contributed by atoms with Gasteiger partial charge in [0.05, 0.1) is 18.1 Å². The second kappa shape index (κ2) is 9.04. The van der Waals surface area contributed by atoms with E-state index >= 15 is 0 Å². The molecule has 2 amide bonds. The highest BCUT2D eigenvalue weighted by Gasteiger charge is 2.21. The molecule has 2 aromatic rings. The summed E-state index contributed by atoms with van der Waals surface area (Å²) in [4.78, 5) is 33.5. The van der Waals surface area contributed by atoms with E-state index in [1.807, 2.05) is 11.4 Å². The highest BCUT2D eigenvalue weighted by molar-refractivity contribution is 7.13. The molecular formula is C16H20N4O3S2. The first kappa shape index (κ1) is 18.0. The highest BCUT2D eigenvalue weighted by Crippen LogP contribution is 2.14. The van der Waals surface area contributed by atoms with Crippen molar-refractivity contribution in [2.45, 2.75) is 0 Å². The average Bonchev–Trinajstić information content (AvgIpc) is 3.32. The molecule has 0 radical (unpaired) electrons. The molecule has 1 aliphatic heterocycles. The SMILES string of the molecule is O=C(CN(CCN1CCOCC1)C(=O)c1cccs1)Nc1nccs1. The van der Waals surface area contributed by atoms with Crippen LogP contribution in [0.25, 0.3) is 0 Å². The minimum Gasteiger partial charge on any atom is -0.379 e. The normalized spacial score (nSPS) is 15.0. The summed E-state index contributed by atoms with van der Waals surface area (Å²) in [6.07, 6.45) is 1.63. The van der Waals surface area contributed by atoms with E-state index in [-0.39, 0.29) is 18.4 Å². The molecule has 1 saturated heterocycles. The van der Waals surface area contributed by atoms with Gasteiger partial charge in [-0.05, 0) is 11.4 Å². The van der Waals surface area contributed by atoms with Crippen molar-refractivity contribution < 1.29 is 14.3 Å². The summed E-state index contributed by atoms with van der Waals surface area (Å²) in [5.74, 6) is -0.348. The second-order valence-corrected chi connectivity index (χ2v) is 7.39. The Bertz CT molecular complexity index is 670. The van der Waals surface area contributed by atoms with E-state index in [1.54, 1.807) is 22.5 Å². The Labute approximate surface area is 154 Å². The molecule has 0 unspecified atom stereocenters. The van der Waals surface area contributed by atoms with Gasteiger partial charge in [-0.1, -0.05) is 6.07 Å². The molecule has 3 heterocycles. The number of thiazole rings is 1. The number of hydrogen-bond acceptors (Lipinski definition) is 7. The van der Waals surface area contributed by atoms with E-state index < -0.39 is 0 Å². The molecule has 2 aromatic heterocycles. The summed E-state index contributed by atoms with van der Waals surface area (Å²) >= 11 is 2.74. The van der Waals surface area contributed by atoms with E-state index in [1.165, 1.54) is 22.7 Å². The van der Waals surface area contributed by atoms with Crippen LogP contribution in [0, 0.1) is 0 Å². The second-order valence-electron chi connectivity index (χ2n) is 5.54. The summed E-state index contributed by atoms with van der Waals surface area (Å²) in [5, 5.41) is 6.94. The molecule has 0 spiro atoms. The lowest BCUT2D eigenvalue weighted by molar-refractivity contribution is -0.117. The lowest BCUT2D eigenvalue weighted by Crippen LogP contribution is -2.45. The van der Waals surface area contributed by atoms with Crippen molar-refractivity contribution in [3.63, 3.8) is 0 Å². The molecule has 3 rings (SSSR count). The van der Waals surface area contributed by atoms with Gasteiger partial charge in [0, 0.05) is 37.8 Å². The Balaban J connectivity index is 1.60. The maximum atomic E-state index is 12.7. The largest absolute Gasteiger partial charge is 0.379 e. The number of aromatic nitrogens is 1. The van der Waals surface area contributed by atoms with Gasteiger partial charge in [-0.2, -0.15) is 0 Å². The molecule has 0 atom stereocenters. The van der Waals surface area contributed by atoms with Gasteiger partial charge in [0.25, 0.3) is 5.91 Å². The number of morpholine rings is 1. The Morgan fingerprint density at radius 2 is 2.12 bits per heavy atom. The number of rotatable bonds is 7. The van der Waals surface area contributed by atoms with Gasteiger partial charge in [0.2, 0.25) is 5.91 Å².